The van der Waals surface area contributed by atoms with Crippen LogP contribution in [-0.2, 0) is 9.47 Å². The van der Waals surface area contributed by atoms with E-state index in [0.717, 1.165) is 37.9 Å². The van der Waals surface area contributed by atoms with Gasteiger partial charge in [0.2, 0.25) is 0 Å². The molecule has 0 bridgehead atoms. The Hall–Kier alpha value is -1.59. The van der Waals surface area contributed by atoms with Crippen LogP contribution in [0.3, 0.4) is 0 Å². The highest BCUT2D eigenvalue weighted by molar-refractivity contribution is 5.74. The molecule has 0 saturated carbocycles. The zero-order chi connectivity index (χ0) is 15.9. The summed E-state index contributed by atoms with van der Waals surface area (Å²) in [5.41, 5.74) is 1.12. The Balaban J connectivity index is 1.42. The number of amides is 2. The maximum Gasteiger partial charge on any atom is 0.315 e. The van der Waals surface area contributed by atoms with Crippen molar-refractivity contribution < 1.29 is 14.3 Å². The molecule has 0 aromatic heterocycles. The maximum atomic E-state index is 12.1. The van der Waals surface area contributed by atoms with Gasteiger partial charge in [-0.3, -0.25) is 0 Å². The number of rotatable bonds is 5. The van der Waals surface area contributed by atoms with Crippen LogP contribution in [0.25, 0.3) is 0 Å². The second-order valence-corrected chi connectivity index (χ2v) is 6.27. The fraction of sp³-hybridized carbons (Fsp3) is 0.611. The normalized spacial score (nSPS) is 27.6. The van der Waals surface area contributed by atoms with E-state index in [2.05, 4.69) is 10.6 Å². The van der Waals surface area contributed by atoms with Crippen LogP contribution in [0.15, 0.2) is 30.3 Å². The second kappa shape index (κ2) is 8.31. The van der Waals surface area contributed by atoms with Crippen molar-refractivity contribution in [2.24, 2.45) is 0 Å². The van der Waals surface area contributed by atoms with E-state index in [0.29, 0.717) is 19.3 Å². The molecule has 2 heterocycles. The van der Waals surface area contributed by atoms with Gasteiger partial charge in [-0.2, -0.15) is 0 Å². The van der Waals surface area contributed by atoms with Gasteiger partial charge in [-0.15, -0.1) is 0 Å². The standard InChI is InChI=1S/C18H26N2O3/c21-18(19-11-9-15-8-4-5-12-22-15)20-16-10-13-23-17(16)14-6-2-1-3-7-14/h1-3,6-7,15-17H,4-5,8-13H2,(H2,19,20,21)/t15-,16-,17-/m0/s1. The Labute approximate surface area is 137 Å². The van der Waals surface area contributed by atoms with Crippen molar-refractivity contribution >= 4 is 6.03 Å². The first-order valence-corrected chi connectivity index (χ1v) is 8.65. The highest BCUT2D eigenvalue weighted by atomic mass is 16.5. The summed E-state index contributed by atoms with van der Waals surface area (Å²) in [6.07, 6.45) is 5.48. The maximum absolute atomic E-state index is 12.1. The van der Waals surface area contributed by atoms with Crippen LogP contribution in [0.4, 0.5) is 4.79 Å². The van der Waals surface area contributed by atoms with Crippen molar-refractivity contribution in [1.29, 1.82) is 0 Å². The summed E-state index contributed by atoms with van der Waals surface area (Å²) in [6, 6.07) is 9.99. The minimum atomic E-state index is -0.114. The first kappa shape index (κ1) is 16.3. The first-order chi connectivity index (χ1) is 11.3. The van der Waals surface area contributed by atoms with Gasteiger partial charge in [0.1, 0.15) is 6.10 Å². The number of nitrogens with one attached hydrogen (secondary N) is 2. The summed E-state index contributed by atoms with van der Waals surface area (Å²) in [4.78, 5) is 12.1. The van der Waals surface area contributed by atoms with Crippen molar-refractivity contribution in [3.63, 3.8) is 0 Å². The number of urea groups is 1. The molecule has 2 N–H and O–H groups in total. The van der Waals surface area contributed by atoms with E-state index in [9.17, 15) is 4.79 Å². The quantitative estimate of drug-likeness (QED) is 0.877. The van der Waals surface area contributed by atoms with E-state index in [4.69, 9.17) is 9.47 Å². The Morgan fingerprint density at radius 2 is 1.96 bits per heavy atom. The lowest BCUT2D eigenvalue weighted by Crippen LogP contribution is -2.44. The van der Waals surface area contributed by atoms with Gasteiger partial charge in [-0.1, -0.05) is 30.3 Å². The van der Waals surface area contributed by atoms with Crippen LogP contribution >= 0.6 is 0 Å². The summed E-state index contributed by atoms with van der Waals surface area (Å²) < 4.78 is 11.5. The smallest absolute Gasteiger partial charge is 0.315 e. The van der Waals surface area contributed by atoms with Crippen LogP contribution in [-0.4, -0.2) is 37.9 Å². The highest BCUT2D eigenvalue weighted by Crippen LogP contribution is 2.28. The molecule has 0 spiro atoms. The molecule has 2 amide bonds. The third-order valence-electron chi connectivity index (χ3n) is 4.56. The molecule has 3 rings (SSSR count). The van der Waals surface area contributed by atoms with E-state index < -0.39 is 0 Å². The van der Waals surface area contributed by atoms with E-state index in [1.54, 1.807) is 0 Å². The summed E-state index contributed by atoms with van der Waals surface area (Å²) >= 11 is 0. The van der Waals surface area contributed by atoms with Gasteiger partial charge in [0, 0.05) is 19.8 Å². The molecule has 5 nitrogen and oxygen atoms in total. The van der Waals surface area contributed by atoms with Crippen molar-refractivity contribution in [3.8, 4) is 0 Å². The summed E-state index contributed by atoms with van der Waals surface area (Å²) in [5, 5.41) is 5.99. The van der Waals surface area contributed by atoms with E-state index in [-0.39, 0.29) is 18.2 Å². The number of hydrogen-bond acceptors (Lipinski definition) is 3. The monoisotopic (exact) mass is 318 g/mol. The lowest BCUT2D eigenvalue weighted by Gasteiger charge is -2.23. The molecule has 2 fully saturated rings. The largest absolute Gasteiger partial charge is 0.378 e. The van der Waals surface area contributed by atoms with Crippen molar-refractivity contribution in [2.75, 3.05) is 19.8 Å². The van der Waals surface area contributed by atoms with Crippen molar-refractivity contribution in [1.82, 2.24) is 10.6 Å². The molecular formula is C18H26N2O3. The highest BCUT2D eigenvalue weighted by Gasteiger charge is 2.30. The van der Waals surface area contributed by atoms with Gasteiger partial charge in [-0.05, 0) is 37.7 Å². The molecule has 3 atom stereocenters. The molecular weight excluding hydrogens is 292 g/mol. The van der Waals surface area contributed by atoms with Crippen LogP contribution < -0.4 is 10.6 Å². The minimum absolute atomic E-state index is 0.0309. The Morgan fingerprint density at radius 1 is 1.09 bits per heavy atom. The number of benzene rings is 1. The van der Waals surface area contributed by atoms with Crippen LogP contribution in [0, 0.1) is 0 Å². The fourth-order valence-corrected chi connectivity index (χ4v) is 3.31. The molecule has 0 radical (unpaired) electrons. The zero-order valence-corrected chi connectivity index (χ0v) is 13.5. The molecule has 126 valence electrons. The third kappa shape index (κ3) is 4.69. The minimum Gasteiger partial charge on any atom is -0.378 e. The summed E-state index contributed by atoms with van der Waals surface area (Å²) in [5.74, 6) is 0. The molecule has 1 aromatic carbocycles. The van der Waals surface area contributed by atoms with Gasteiger partial charge in [0.25, 0.3) is 0 Å². The Kier molecular flexibility index (Phi) is 5.88. The molecule has 2 saturated heterocycles. The number of ether oxygens (including phenoxy) is 2. The van der Waals surface area contributed by atoms with E-state index in [1.807, 2.05) is 30.3 Å². The lowest BCUT2D eigenvalue weighted by molar-refractivity contribution is 0.0119. The molecule has 5 heteroatoms. The van der Waals surface area contributed by atoms with Crippen LogP contribution in [0.1, 0.15) is 43.8 Å². The number of hydrogen-bond donors (Lipinski definition) is 2. The van der Waals surface area contributed by atoms with E-state index in [1.165, 1.54) is 6.42 Å². The average Bonchev–Trinajstić information content (AvgIpc) is 3.05. The third-order valence-corrected chi connectivity index (χ3v) is 4.56. The van der Waals surface area contributed by atoms with Gasteiger partial charge >= 0.3 is 6.03 Å². The summed E-state index contributed by atoms with van der Waals surface area (Å²) in [7, 11) is 0. The average molecular weight is 318 g/mol. The SMILES string of the molecule is O=C(NCC[C@@H]1CCCCO1)N[C@H]1CCO[C@H]1c1ccccc1. The van der Waals surface area contributed by atoms with Gasteiger partial charge in [-0.25, -0.2) is 4.79 Å². The Bertz CT molecular complexity index is 488. The summed E-state index contributed by atoms with van der Waals surface area (Å²) in [6.45, 7) is 2.19. The predicted molar refractivity (Wildman–Crippen MR) is 88.3 cm³/mol. The number of carbonyl (C=O) groups excluding carboxylic acids is 1. The van der Waals surface area contributed by atoms with Gasteiger partial charge in [0.15, 0.2) is 0 Å². The Morgan fingerprint density at radius 3 is 2.74 bits per heavy atom. The zero-order valence-electron chi connectivity index (χ0n) is 13.5. The van der Waals surface area contributed by atoms with E-state index >= 15 is 0 Å². The molecule has 0 unspecified atom stereocenters. The molecule has 23 heavy (non-hydrogen) atoms. The second-order valence-electron chi connectivity index (χ2n) is 6.27. The molecule has 2 aliphatic rings. The van der Waals surface area contributed by atoms with Gasteiger partial charge in [0.05, 0.1) is 12.1 Å². The predicted octanol–water partition coefficient (Wildman–Crippen LogP) is 2.78. The number of carbonyl (C=O) groups is 1. The first-order valence-electron chi connectivity index (χ1n) is 8.65. The van der Waals surface area contributed by atoms with Crippen molar-refractivity contribution in [3.05, 3.63) is 35.9 Å². The van der Waals surface area contributed by atoms with Crippen LogP contribution in [0.2, 0.25) is 0 Å². The van der Waals surface area contributed by atoms with Crippen LogP contribution in [0.5, 0.6) is 0 Å². The molecule has 2 aliphatic heterocycles. The fourth-order valence-electron chi connectivity index (χ4n) is 3.31. The van der Waals surface area contributed by atoms with Crippen molar-refractivity contribution in [2.45, 2.75) is 50.4 Å². The topological polar surface area (TPSA) is 59.6 Å². The molecule has 1 aromatic rings. The van der Waals surface area contributed by atoms with Gasteiger partial charge < -0.3 is 20.1 Å². The molecule has 0 aliphatic carbocycles. The lowest BCUT2D eigenvalue weighted by atomic mass is 10.0.